The van der Waals surface area contributed by atoms with Crippen LogP contribution in [0.5, 0.6) is 0 Å². The highest BCUT2D eigenvalue weighted by Gasteiger charge is 2.21. The lowest BCUT2D eigenvalue weighted by atomic mass is 10.2. The zero-order valence-corrected chi connectivity index (χ0v) is 9.83. The van der Waals surface area contributed by atoms with Crippen LogP contribution in [0.4, 0.5) is 0 Å². The predicted molar refractivity (Wildman–Crippen MR) is 62.1 cm³/mol. The van der Waals surface area contributed by atoms with Gasteiger partial charge in [0.05, 0.1) is 12.7 Å². The van der Waals surface area contributed by atoms with Crippen LogP contribution in [-0.4, -0.2) is 43.2 Å². The average Bonchev–Trinajstić information content (AvgIpc) is 2.26. The highest BCUT2D eigenvalue weighted by Crippen LogP contribution is 2.06. The van der Waals surface area contributed by atoms with Crippen LogP contribution in [0.25, 0.3) is 0 Å². The Kier molecular flexibility index (Phi) is 7.38. The van der Waals surface area contributed by atoms with E-state index in [1.165, 1.54) is 0 Å². The maximum Gasteiger partial charge on any atom is 0.226 e. The van der Waals surface area contributed by atoms with Crippen molar-refractivity contribution in [1.29, 1.82) is 0 Å². The first-order valence-electron chi connectivity index (χ1n) is 4.98. The second-order valence-electron chi connectivity index (χ2n) is 3.34. The summed E-state index contributed by atoms with van der Waals surface area (Å²) in [6.07, 6.45) is 4.25. The van der Waals surface area contributed by atoms with E-state index in [-0.39, 0.29) is 24.4 Å². The van der Waals surface area contributed by atoms with E-state index in [1.807, 2.05) is 24.0 Å². The summed E-state index contributed by atoms with van der Waals surface area (Å²) >= 11 is 0. The van der Waals surface area contributed by atoms with Crippen molar-refractivity contribution in [2.45, 2.75) is 19.4 Å². The molecular formula is C10H19ClN2O2. The summed E-state index contributed by atoms with van der Waals surface area (Å²) in [5, 5.41) is 0. The molecule has 4 nitrogen and oxygen atoms in total. The molecular weight excluding hydrogens is 216 g/mol. The number of ether oxygens (including phenoxy) is 1. The Hall–Kier alpha value is -0.580. The van der Waals surface area contributed by atoms with E-state index in [4.69, 9.17) is 10.5 Å². The van der Waals surface area contributed by atoms with Crippen molar-refractivity contribution in [3.8, 4) is 0 Å². The van der Waals surface area contributed by atoms with Crippen molar-refractivity contribution in [2.75, 3.05) is 26.2 Å². The van der Waals surface area contributed by atoms with Gasteiger partial charge >= 0.3 is 0 Å². The van der Waals surface area contributed by atoms with Gasteiger partial charge in [-0.2, -0.15) is 0 Å². The van der Waals surface area contributed by atoms with Gasteiger partial charge in [-0.25, -0.2) is 0 Å². The number of halogens is 1. The molecule has 0 aliphatic carbocycles. The molecule has 0 aromatic carbocycles. The van der Waals surface area contributed by atoms with Crippen LogP contribution in [0, 0.1) is 0 Å². The smallest absolute Gasteiger partial charge is 0.226 e. The Morgan fingerprint density at radius 1 is 1.67 bits per heavy atom. The summed E-state index contributed by atoms with van der Waals surface area (Å²) in [6, 6.07) is 0. The zero-order valence-electron chi connectivity index (χ0n) is 9.02. The number of carbonyl (C=O) groups is 1. The molecule has 0 saturated carbocycles. The summed E-state index contributed by atoms with van der Waals surface area (Å²) in [6.45, 7) is 4.31. The van der Waals surface area contributed by atoms with Crippen molar-refractivity contribution in [2.24, 2.45) is 5.73 Å². The van der Waals surface area contributed by atoms with Gasteiger partial charge in [-0.1, -0.05) is 12.2 Å². The van der Waals surface area contributed by atoms with Gasteiger partial charge in [-0.3, -0.25) is 4.79 Å². The van der Waals surface area contributed by atoms with E-state index in [0.29, 0.717) is 32.7 Å². The SMILES string of the molecule is C/C=C/CC(=O)N1CCOC(CN)C1.Cl. The van der Waals surface area contributed by atoms with Gasteiger partial charge in [0.2, 0.25) is 5.91 Å². The normalized spacial score (nSPS) is 21.5. The van der Waals surface area contributed by atoms with Crippen molar-refractivity contribution >= 4 is 18.3 Å². The summed E-state index contributed by atoms with van der Waals surface area (Å²) in [4.78, 5) is 13.4. The van der Waals surface area contributed by atoms with Crippen LogP contribution >= 0.6 is 12.4 Å². The van der Waals surface area contributed by atoms with E-state index in [1.54, 1.807) is 0 Å². The molecule has 88 valence electrons. The monoisotopic (exact) mass is 234 g/mol. The van der Waals surface area contributed by atoms with Crippen LogP contribution in [0.1, 0.15) is 13.3 Å². The van der Waals surface area contributed by atoms with Gasteiger partial charge in [-0.05, 0) is 6.92 Å². The van der Waals surface area contributed by atoms with Crippen molar-refractivity contribution < 1.29 is 9.53 Å². The standard InChI is InChI=1S/C10H18N2O2.ClH/c1-2-3-4-10(13)12-5-6-14-9(7-11)8-12;/h2-3,9H,4-8,11H2,1H3;1H/b3-2+;. The van der Waals surface area contributed by atoms with Crippen molar-refractivity contribution in [1.82, 2.24) is 4.90 Å². The highest BCUT2D eigenvalue weighted by atomic mass is 35.5. The number of nitrogens with two attached hydrogens (primary N) is 1. The summed E-state index contributed by atoms with van der Waals surface area (Å²) in [5.74, 6) is 0.157. The van der Waals surface area contributed by atoms with Gasteiger partial charge in [-0.15, -0.1) is 12.4 Å². The van der Waals surface area contributed by atoms with Crippen LogP contribution in [0.15, 0.2) is 12.2 Å². The predicted octanol–water partition coefficient (Wildman–Crippen LogP) is 0.561. The summed E-state index contributed by atoms with van der Waals surface area (Å²) in [7, 11) is 0. The highest BCUT2D eigenvalue weighted by molar-refractivity contribution is 5.85. The third-order valence-electron chi connectivity index (χ3n) is 2.28. The number of allylic oxidation sites excluding steroid dienone is 1. The van der Waals surface area contributed by atoms with Crippen LogP contribution in [0.3, 0.4) is 0 Å². The second kappa shape index (κ2) is 7.68. The van der Waals surface area contributed by atoms with E-state index < -0.39 is 0 Å². The lowest BCUT2D eigenvalue weighted by molar-refractivity contribution is -0.137. The molecule has 5 heteroatoms. The average molecular weight is 235 g/mol. The van der Waals surface area contributed by atoms with E-state index in [9.17, 15) is 4.79 Å². The van der Waals surface area contributed by atoms with Gasteiger partial charge in [0.1, 0.15) is 0 Å². The first-order chi connectivity index (χ1) is 6.77. The van der Waals surface area contributed by atoms with Crippen LogP contribution in [0.2, 0.25) is 0 Å². The number of hydrogen-bond acceptors (Lipinski definition) is 3. The fraction of sp³-hybridized carbons (Fsp3) is 0.700. The number of carbonyl (C=O) groups excluding carboxylic acids is 1. The van der Waals surface area contributed by atoms with E-state index in [2.05, 4.69) is 0 Å². The lowest BCUT2D eigenvalue weighted by Gasteiger charge is -2.32. The third kappa shape index (κ3) is 4.64. The number of rotatable bonds is 3. The molecule has 1 amide bonds. The first kappa shape index (κ1) is 14.4. The fourth-order valence-electron chi connectivity index (χ4n) is 1.44. The molecule has 1 aliphatic heterocycles. The molecule has 0 aromatic rings. The van der Waals surface area contributed by atoms with Crippen LogP contribution in [-0.2, 0) is 9.53 Å². The molecule has 1 rings (SSSR count). The van der Waals surface area contributed by atoms with E-state index >= 15 is 0 Å². The van der Waals surface area contributed by atoms with Gasteiger partial charge in [0, 0.05) is 26.1 Å². The molecule has 0 spiro atoms. The van der Waals surface area contributed by atoms with Gasteiger partial charge in [0.15, 0.2) is 0 Å². The molecule has 15 heavy (non-hydrogen) atoms. The Balaban J connectivity index is 0.00000196. The third-order valence-corrected chi connectivity index (χ3v) is 2.28. The topological polar surface area (TPSA) is 55.6 Å². The number of hydrogen-bond donors (Lipinski definition) is 1. The quantitative estimate of drug-likeness (QED) is 0.726. The van der Waals surface area contributed by atoms with Gasteiger partial charge in [0.25, 0.3) is 0 Å². The van der Waals surface area contributed by atoms with Gasteiger partial charge < -0.3 is 15.4 Å². The largest absolute Gasteiger partial charge is 0.373 e. The second-order valence-corrected chi connectivity index (χ2v) is 3.34. The molecule has 1 aliphatic rings. The minimum atomic E-state index is 0. The molecule has 0 aromatic heterocycles. The molecule has 2 N–H and O–H groups in total. The number of amides is 1. The summed E-state index contributed by atoms with van der Waals surface area (Å²) < 4.78 is 5.38. The molecule has 1 atom stereocenters. The molecule has 0 bridgehead atoms. The van der Waals surface area contributed by atoms with E-state index in [0.717, 1.165) is 0 Å². The van der Waals surface area contributed by atoms with Crippen molar-refractivity contribution in [3.63, 3.8) is 0 Å². The molecule has 0 radical (unpaired) electrons. The zero-order chi connectivity index (χ0) is 10.4. The maximum absolute atomic E-state index is 11.6. The molecule has 1 heterocycles. The Labute approximate surface area is 96.9 Å². The summed E-state index contributed by atoms with van der Waals surface area (Å²) in [5.41, 5.74) is 5.49. The Morgan fingerprint density at radius 2 is 2.40 bits per heavy atom. The molecule has 1 unspecified atom stereocenters. The lowest BCUT2D eigenvalue weighted by Crippen LogP contribution is -2.48. The first-order valence-corrected chi connectivity index (χ1v) is 4.98. The minimum Gasteiger partial charge on any atom is -0.373 e. The Morgan fingerprint density at radius 3 is 3.00 bits per heavy atom. The minimum absolute atomic E-state index is 0. The Bertz CT molecular complexity index is 221. The van der Waals surface area contributed by atoms with Crippen molar-refractivity contribution in [3.05, 3.63) is 12.2 Å². The fourth-order valence-corrected chi connectivity index (χ4v) is 1.44. The molecule has 1 fully saturated rings. The van der Waals surface area contributed by atoms with Crippen LogP contribution < -0.4 is 5.73 Å². The number of morpholine rings is 1. The maximum atomic E-state index is 11.6. The molecule has 1 saturated heterocycles. The number of nitrogens with zero attached hydrogens (tertiary/aromatic N) is 1.